The van der Waals surface area contributed by atoms with Gasteiger partial charge in [0.2, 0.25) is 0 Å². The number of para-hydroxylation sites is 1. The molecule has 0 amide bonds. The topological polar surface area (TPSA) is 49.9 Å². The molecule has 1 N–H and O–H groups in total. The Bertz CT molecular complexity index is 813. The summed E-state index contributed by atoms with van der Waals surface area (Å²) in [7, 11) is 0. The van der Waals surface area contributed by atoms with Crippen molar-refractivity contribution in [3.8, 4) is 0 Å². The number of rotatable bonds is 1. The fourth-order valence-corrected chi connectivity index (χ4v) is 2.69. The van der Waals surface area contributed by atoms with Gasteiger partial charge in [0.1, 0.15) is 0 Å². The molecule has 3 rings (SSSR count). The number of fused-ring (bicyclic) bond motifs is 1. The number of hydrogen-bond acceptors (Lipinski definition) is 2. The summed E-state index contributed by atoms with van der Waals surface area (Å²) >= 11 is 0. The summed E-state index contributed by atoms with van der Waals surface area (Å²) in [6.07, 6.45) is 4.11. The van der Waals surface area contributed by atoms with Crippen molar-refractivity contribution in [3.63, 3.8) is 0 Å². The van der Waals surface area contributed by atoms with Gasteiger partial charge < -0.3 is 4.98 Å². The van der Waals surface area contributed by atoms with E-state index in [0.29, 0.717) is 5.57 Å². The standard InChI is InChI=1S/C18H17NO2/c1-18(2,3)17-16(12-6-4-5-7-14(12)19-17)13-10-11(20)8-9-15(13)21/h4-10,19H,1-3H3. The first-order chi connectivity index (χ1) is 9.88. The van der Waals surface area contributed by atoms with Crippen molar-refractivity contribution in [2.75, 3.05) is 0 Å². The summed E-state index contributed by atoms with van der Waals surface area (Å²) in [5.74, 6) is -0.264. The normalized spacial score (nSPS) is 15.7. The number of aromatic amines is 1. The van der Waals surface area contributed by atoms with E-state index in [2.05, 4.69) is 25.8 Å². The van der Waals surface area contributed by atoms with Crippen LogP contribution in [0.5, 0.6) is 0 Å². The lowest BCUT2D eigenvalue weighted by Gasteiger charge is -2.20. The van der Waals surface area contributed by atoms with Crippen LogP contribution in [0.2, 0.25) is 0 Å². The Kier molecular flexibility index (Phi) is 2.94. The smallest absolute Gasteiger partial charge is 0.186 e. The summed E-state index contributed by atoms with van der Waals surface area (Å²) in [5.41, 5.74) is 3.13. The molecule has 2 aromatic rings. The van der Waals surface area contributed by atoms with Crippen LogP contribution in [0.15, 0.2) is 42.5 Å². The number of H-pyrrole nitrogens is 1. The van der Waals surface area contributed by atoms with E-state index >= 15 is 0 Å². The maximum atomic E-state index is 12.2. The summed E-state index contributed by atoms with van der Waals surface area (Å²) in [6.45, 7) is 6.27. The molecule has 1 aliphatic rings. The number of carbonyl (C=O) groups is 2. The second kappa shape index (κ2) is 4.55. The molecule has 3 nitrogen and oxygen atoms in total. The lowest BCUT2D eigenvalue weighted by atomic mass is 9.84. The zero-order valence-corrected chi connectivity index (χ0v) is 12.4. The van der Waals surface area contributed by atoms with E-state index in [0.717, 1.165) is 22.2 Å². The Labute approximate surface area is 123 Å². The van der Waals surface area contributed by atoms with E-state index in [1.54, 1.807) is 0 Å². The van der Waals surface area contributed by atoms with E-state index in [1.165, 1.54) is 18.2 Å². The van der Waals surface area contributed by atoms with E-state index in [-0.39, 0.29) is 17.0 Å². The molecule has 0 spiro atoms. The molecule has 0 saturated heterocycles. The molecular weight excluding hydrogens is 262 g/mol. The van der Waals surface area contributed by atoms with Crippen molar-refractivity contribution in [1.82, 2.24) is 4.98 Å². The number of hydrogen-bond donors (Lipinski definition) is 1. The molecule has 0 atom stereocenters. The molecule has 1 aromatic heterocycles. The average molecular weight is 279 g/mol. The highest BCUT2D eigenvalue weighted by atomic mass is 16.1. The Morgan fingerprint density at radius 1 is 1.00 bits per heavy atom. The van der Waals surface area contributed by atoms with Crippen molar-refractivity contribution in [1.29, 1.82) is 0 Å². The van der Waals surface area contributed by atoms with Crippen LogP contribution in [-0.4, -0.2) is 16.6 Å². The van der Waals surface area contributed by atoms with Gasteiger partial charge in [0.25, 0.3) is 0 Å². The van der Waals surface area contributed by atoms with Gasteiger partial charge in [-0.15, -0.1) is 0 Å². The van der Waals surface area contributed by atoms with Gasteiger partial charge in [-0.1, -0.05) is 39.0 Å². The van der Waals surface area contributed by atoms with Crippen LogP contribution >= 0.6 is 0 Å². The fourth-order valence-electron chi connectivity index (χ4n) is 2.69. The number of benzene rings is 1. The molecule has 0 radical (unpaired) electrons. The maximum absolute atomic E-state index is 12.2. The molecule has 1 heterocycles. The van der Waals surface area contributed by atoms with Crippen LogP contribution in [0.25, 0.3) is 16.5 Å². The number of carbonyl (C=O) groups excluding carboxylic acids is 2. The molecule has 0 aliphatic heterocycles. The number of nitrogens with one attached hydrogen (secondary N) is 1. The minimum atomic E-state index is -0.153. The van der Waals surface area contributed by atoms with Crippen molar-refractivity contribution in [2.45, 2.75) is 26.2 Å². The van der Waals surface area contributed by atoms with Gasteiger partial charge in [0, 0.05) is 33.1 Å². The zero-order chi connectivity index (χ0) is 15.2. The Balaban J connectivity index is 2.35. The second-order valence-corrected chi connectivity index (χ2v) is 6.33. The van der Waals surface area contributed by atoms with Gasteiger partial charge in [-0.05, 0) is 24.3 Å². The van der Waals surface area contributed by atoms with Gasteiger partial charge in [0.15, 0.2) is 11.6 Å². The van der Waals surface area contributed by atoms with Crippen LogP contribution in [0.1, 0.15) is 32.0 Å². The summed E-state index contributed by atoms with van der Waals surface area (Å²) < 4.78 is 0. The predicted molar refractivity (Wildman–Crippen MR) is 84.1 cm³/mol. The third-order valence-electron chi connectivity index (χ3n) is 3.68. The average Bonchev–Trinajstić information content (AvgIpc) is 2.81. The first-order valence-corrected chi connectivity index (χ1v) is 6.97. The molecule has 1 aromatic carbocycles. The Morgan fingerprint density at radius 2 is 1.71 bits per heavy atom. The van der Waals surface area contributed by atoms with Crippen LogP contribution in [-0.2, 0) is 15.0 Å². The largest absolute Gasteiger partial charge is 0.357 e. The number of aromatic nitrogens is 1. The van der Waals surface area contributed by atoms with Crippen molar-refractivity contribution >= 4 is 28.0 Å². The summed E-state index contributed by atoms with van der Waals surface area (Å²) in [4.78, 5) is 27.3. The van der Waals surface area contributed by atoms with Crippen LogP contribution in [0.3, 0.4) is 0 Å². The van der Waals surface area contributed by atoms with Crippen LogP contribution in [0, 0.1) is 0 Å². The minimum absolute atomic E-state index is 0.121. The molecule has 1 aliphatic carbocycles. The molecular formula is C18H17NO2. The third-order valence-corrected chi connectivity index (χ3v) is 3.68. The third kappa shape index (κ3) is 2.25. The highest BCUT2D eigenvalue weighted by Gasteiger charge is 2.27. The minimum Gasteiger partial charge on any atom is -0.357 e. The van der Waals surface area contributed by atoms with Gasteiger partial charge in [-0.25, -0.2) is 0 Å². The predicted octanol–water partition coefficient (Wildman–Crippen LogP) is 3.56. The van der Waals surface area contributed by atoms with Gasteiger partial charge in [0.05, 0.1) is 0 Å². The lowest BCUT2D eigenvalue weighted by molar-refractivity contribution is -0.113. The van der Waals surface area contributed by atoms with Gasteiger partial charge in [-0.3, -0.25) is 9.59 Å². The quantitative estimate of drug-likeness (QED) is 0.811. The van der Waals surface area contributed by atoms with Crippen LogP contribution < -0.4 is 0 Å². The summed E-state index contributed by atoms with van der Waals surface area (Å²) in [6, 6.07) is 7.86. The second-order valence-electron chi connectivity index (χ2n) is 6.33. The number of allylic oxidation sites excluding steroid dienone is 4. The Hall–Kier alpha value is -2.42. The SMILES string of the molecule is CC(C)(C)c1[nH]c2ccccc2c1C1=CC(=O)C=CC1=O. The number of ketones is 2. The molecule has 0 unspecified atom stereocenters. The molecule has 106 valence electrons. The van der Waals surface area contributed by atoms with Gasteiger partial charge in [-0.2, -0.15) is 0 Å². The Morgan fingerprint density at radius 3 is 2.43 bits per heavy atom. The first kappa shape index (κ1) is 13.6. The molecule has 3 heteroatoms. The van der Waals surface area contributed by atoms with Crippen molar-refractivity contribution in [2.24, 2.45) is 0 Å². The highest BCUT2D eigenvalue weighted by Crippen LogP contribution is 2.36. The molecule has 0 fully saturated rings. The van der Waals surface area contributed by atoms with Crippen LogP contribution in [0.4, 0.5) is 0 Å². The maximum Gasteiger partial charge on any atom is 0.186 e. The summed E-state index contributed by atoms with van der Waals surface area (Å²) in [5, 5.41) is 0.977. The van der Waals surface area contributed by atoms with Crippen molar-refractivity contribution in [3.05, 3.63) is 53.8 Å². The van der Waals surface area contributed by atoms with E-state index < -0.39 is 0 Å². The first-order valence-electron chi connectivity index (χ1n) is 6.97. The molecule has 21 heavy (non-hydrogen) atoms. The molecule has 0 bridgehead atoms. The zero-order valence-electron chi connectivity index (χ0n) is 12.4. The van der Waals surface area contributed by atoms with E-state index in [4.69, 9.17) is 0 Å². The van der Waals surface area contributed by atoms with E-state index in [9.17, 15) is 9.59 Å². The van der Waals surface area contributed by atoms with Gasteiger partial charge >= 0.3 is 0 Å². The highest BCUT2D eigenvalue weighted by molar-refractivity contribution is 6.35. The monoisotopic (exact) mass is 279 g/mol. The molecule has 0 saturated carbocycles. The lowest BCUT2D eigenvalue weighted by Crippen LogP contribution is -2.16. The fraction of sp³-hybridized carbons (Fsp3) is 0.222. The van der Waals surface area contributed by atoms with Crippen molar-refractivity contribution < 1.29 is 9.59 Å². The van der Waals surface area contributed by atoms with E-state index in [1.807, 2.05) is 24.3 Å².